The third-order valence-electron chi connectivity index (χ3n) is 12.7. The highest BCUT2D eigenvalue weighted by Crippen LogP contribution is 2.49. The molecule has 0 unspecified atom stereocenters. The molecule has 8 atom stereocenters. The third-order valence-corrected chi connectivity index (χ3v) is 17.1. The van der Waals surface area contributed by atoms with Crippen LogP contribution in [-0.4, -0.2) is 101 Å². The van der Waals surface area contributed by atoms with E-state index < -0.39 is 86.5 Å². The fourth-order valence-corrected chi connectivity index (χ4v) is 9.12. The Kier molecular flexibility index (Phi) is 14.6. The molecule has 346 valence electrons. The van der Waals surface area contributed by atoms with E-state index in [-0.39, 0.29) is 42.0 Å². The molecule has 0 radical (unpaired) electrons. The number of carbonyl (C=O) groups is 5. The second kappa shape index (κ2) is 19.4. The second-order valence-electron chi connectivity index (χ2n) is 18.1. The van der Waals surface area contributed by atoms with Gasteiger partial charge in [-0.3, -0.25) is 24.0 Å². The molecule has 1 fully saturated rings. The summed E-state index contributed by atoms with van der Waals surface area (Å²) in [6, 6.07) is 12.8. The van der Waals surface area contributed by atoms with E-state index >= 15 is 0 Å². The molecule has 6 bridgehead atoms. The molecule has 3 aromatic carbocycles. The molecule has 1 saturated heterocycles. The van der Waals surface area contributed by atoms with Crippen molar-refractivity contribution in [1.82, 2.24) is 16.0 Å². The number of nitrogens with two attached hydrogens (primary N) is 1. The van der Waals surface area contributed by atoms with Gasteiger partial charge in [0.1, 0.15) is 35.8 Å². The molecular weight excluding hydrogens is 843 g/mol. The van der Waals surface area contributed by atoms with Gasteiger partial charge in [-0.2, -0.15) is 0 Å². The SMILES string of the molecule is CC[C@H](C)[C@H](O[Si](C)(C)C(C)(C)C)C(=O)N[C@H]1Cc2ccc(OCOC)c(c2)-c2cccc3c2NC(=O)[C@@]3(O)[C@@H]2O[C@H](c3ccc(OC)cc3)OC[C@H]2NC(=O)[C@H](CC(N)=O)NC1=O. The summed E-state index contributed by atoms with van der Waals surface area (Å²) in [5, 5.41) is 23.8. The quantitative estimate of drug-likeness (QED) is 0.106. The molecule has 6 rings (SSSR count). The van der Waals surface area contributed by atoms with Gasteiger partial charge in [-0.1, -0.05) is 77.4 Å². The number of ether oxygens (including phenoxy) is 5. The first-order valence-corrected chi connectivity index (χ1v) is 24.3. The van der Waals surface area contributed by atoms with Crippen molar-refractivity contribution < 1.29 is 57.2 Å². The van der Waals surface area contributed by atoms with E-state index in [4.69, 9.17) is 33.8 Å². The molecule has 0 spiro atoms. The molecule has 3 aliphatic rings. The Morgan fingerprint density at radius 3 is 2.38 bits per heavy atom. The van der Waals surface area contributed by atoms with Gasteiger partial charge in [-0.15, -0.1) is 0 Å². The van der Waals surface area contributed by atoms with Crippen LogP contribution in [-0.2, 0) is 54.6 Å². The van der Waals surface area contributed by atoms with E-state index in [1.807, 2.05) is 26.9 Å². The third kappa shape index (κ3) is 9.96. The fraction of sp³-hybridized carbons (Fsp3) is 0.500. The zero-order chi connectivity index (χ0) is 46.7. The monoisotopic (exact) mass is 903 g/mol. The number of aliphatic hydroxyl groups is 1. The first-order chi connectivity index (χ1) is 30.2. The standard InChI is InChI=1S/C46H61N5O12Si/c1-10-25(2)38(63-64(8,9)45(3,4)5)42(55)49-32-21-26-14-19-35(61-24-58-6)30(20-26)29-12-11-13-31-37(29)51-44(56)46(31,57)39-34(50-41(54)33(22-36(47)52)48-40(32)53)23-60-43(62-39)27-15-17-28(59-7)18-16-27/h11-20,25,32-34,38-39,43,57H,10,21-24H2,1-9H3,(H2,47,52)(H,48,53)(H,49,55)(H,50,54)(H,51,56)/t25-,32-,33-,34+,38-,39+,43+,46-/m0/s1. The Labute approximate surface area is 374 Å². The van der Waals surface area contributed by atoms with Crippen molar-refractivity contribution in [2.24, 2.45) is 11.7 Å². The summed E-state index contributed by atoms with van der Waals surface area (Å²) in [4.78, 5) is 70.3. The van der Waals surface area contributed by atoms with E-state index in [0.29, 0.717) is 40.2 Å². The summed E-state index contributed by atoms with van der Waals surface area (Å²) in [5.74, 6) is -3.24. The maximum absolute atomic E-state index is 14.6. The Morgan fingerprint density at radius 2 is 1.73 bits per heavy atom. The van der Waals surface area contributed by atoms with E-state index in [2.05, 4.69) is 42.0 Å². The van der Waals surface area contributed by atoms with Gasteiger partial charge in [-0.05, 0) is 53.9 Å². The van der Waals surface area contributed by atoms with Gasteiger partial charge in [0.25, 0.3) is 5.91 Å². The van der Waals surface area contributed by atoms with Crippen molar-refractivity contribution in [3.05, 3.63) is 77.4 Å². The van der Waals surface area contributed by atoms with Crippen LogP contribution in [0.5, 0.6) is 11.5 Å². The van der Waals surface area contributed by atoms with Crippen LogP contribution in [0.3, 0.4) is 0 Å². The Morgan fingerprint density at radius 1 is 1.02 bits per heavy atom. The number of amides is 5. The lowest BCUT2D eigenvalue weighted by Crippen LogP contribution is -2.64. The Balaban J connectivity index is 1.49. The number of nitrogens with one attached hydrogen (secondary N) is 4. The first kappa shape index (κ1) is 48.1. The minimum absolute atomic E-state index is 0.0994. The van der Waals surface area contributed by atoms with Crippen LogP contribution >= 0.6 is 0 Å². The molecule has 17 nitrogen and oxygen atoms in total. The maximum Gasteiger partial charge on any atom is 0.263 e. The highest BCUT2D eigenvalue weighted by Gasteiger charge is 2.58. The highest BCUT2D eigenvalue weighted by molar-refractivity contribution is 6.74. The molecule has 0 aromatic heterocycles. The summed E-state index contributed by atoms with van der Waals surface area (Å²) in [6.45, 7) is 13.8. The van der Waals surface area contributed by atoms with E-state index in [1.54, 1.807) is 60.7 Å². The van der Waals surface area contributed by atoms with Crippen LogP contribution in [0.4, 0.5) is 5.69 Å². The number of para-hydroxylation sites is 1. The van der Waals surface area contributed by atoms with Crippen molar-refractivity contribution in [2.75, 3.05) is 32.9 Å². The van der Waals surface area contributed by atoms with Crippen LogP contribution < -0.4 is 36.5 Å². The molecule has 0 aliphatic carbocycles. The van der Waals surface area contributed by atoms with Crippen LogP contribution in [0.15, 0.2) is 60.7 Å². The van der Waals surface area contributed by atoms with Crippen LogP contribution in [0.1, 0.15) is 70.4 Å². The van der Waals surface area contributed by atoms with Crippen molar-refractivity contribution in [1.29, 1.82) is 0 Å². The second-order valence-corrected chi connectivity index (χ2v) is 22.9. The number of carbonyl (C=O) groups excluding carboxylic acids is 5. The average molecular weight is 904 g/mol. The van der Waals surface area contributed by atoms with Gasteiger partial charge in [0, 0.05) is 35.8 Å². The number of benzene rings is 3. The lowest BCUT2D eigenvalue weighted by molar-refractivity contribution is -0.266. The fourth-order valence-electron chi connectivity index (χ4n) is 7.80. The molecule has 3 aromatic rings. The van der Waals surface area contributed by atoms with Crippen molar-refractivity contribution in [3.63, 3.8) is 0 Å². The minimum atomic E-state index is -2.51. The number of methoxy groups -OCH3 is 2. The normalized spacial score (nSPS) is 24.6. The van der Waals surface area contributed by atoms with Crippen LogP contribution in [0.25, 0.3) is 11.1 Å². The zero-order valence-corrected chi connectivity index (χ0v) is 38.9. The predicted octanol–water partition coefficient (Wildman–Crippen LogP) is 3.92. The Bertz CT molecular complexity index is 2230. The van der Waals surface area contributed by atoms with Gasteiger partial charge in [-0.25, -0.2) is 0 Å². The molecule has 18 heteroatoms. The number of primary amides is 1. The van der Waals surface area contributed by atoms with Gasteiger partial charge < -0.3 is 60.2 Å². The number of anilines is 1. The number of rotatable bonds is 13. The molecule has 3 heterocycles. The van der Waals surface area contributed by atoms with Crippen molar-refractivity contribution in [3.8, 4) is 22.6 Å². The van der Waals surface area contributed by atoms with E-state index in [9.17, 15) is 29.1 Å². The summed E-state index contributed by atoms with van der Waals surface area (Å²) in [5.41, 5.74) is 5.62. The van der Waals surface area contributed by atoms with E-state index in [1.165, 1.54) is 14.2 Å². The van der Waals surface area contributed by atoms with Gasteiger partial charge >= 0.3 is 0 Å². The topological polar surface area (TPSA) is 235 Å². The Hall–Kier alpha value is -5.37. The summed E-state index contributed by atoms with van der Waals surface area (Å²) in [6.07, 6.45) is -3.66. The molecule has 64 heavy (non-hydrogen) atoms. The lowest BCUT2D eigenvalue weighted by Gasteiger charge is -2.43. The maximum atomic E-state index is 14.6. The van der Waals surface area contributed by atoms with Crippen LogP contribution in [0.2, 0.25) is 18.1 Å². The van der Waals surface area contributed by atoms with Gasteiger partial charge in [0.05, 0.1) is 31.9 Å². The molecular formula is C46H61N5O12Si. The number of fused-ring (bicyclic) bond motifs is 5. The average Bonchev–Trinajstić information content (AvgIpc) is 3.52. The summed E-state index contributed by atoms with van der Waals surface area (Å²) < 4.78 is 35.8. The molecule has 7 N–H and O–H groups in total. The van der Waals surface area contributed by atoms with E-state index in [0.717, 1.165) is 0 Å². The van der Waals surface area contributed by atoms with Crippen LogP contribution in [0, 0.1) is 5.92 Å². The zero-order valence-electron chi connectivity index (χ0n) is 37.9. The smallest absolute Gasteiger partial charge is 0.263 e. The first-order valence-electron chi connectivity index (χ1n) is 21.4. The highest BCUT2D eigenvalue weighted by atomic mass is 28.4. The molecule has 3 aliphatic heterocycles. The minimum Gasteiger partial charge on any atom is -0.497 e. The van der Waals surface area contributed by atoms with Gasteiger partial charge in [0.15, 0.2) is 27.0 Å². The number of hydrogen-bond acceptors (Lipinski definition) is 12. The summed E-state index contributed by atoms with van der Waals surface area (Å²) in [7, 11) is 0.483. The predicted molar refractivity (Wildman–Crippen MR) is 238 cm³/mol. The van der Waals surface area contributed by atoms with Gasteiger partial charge in [0.2, 0.25) is 23.6 Å². The van der Waals surface area contributed by atoms with Crippen molar-refractivity contribution >= 4 is 43.5 Å². The molecule has 0 saturated carbocycles. The lowest BCUT2D eigenvalue weighted by atomic mass is 9.83. The number of hydrogen-bond donors (Lipinski definition) is 6. The van der Waals surface area contributed by atoms with Crippen molar-refractivity contribution in [2.45, 2.75) is 114 Å². The molecule has 5 amide bonds. The summed E-state index contributed by atoms with van der Waals surface area (Å²) >= 11 is 0. The largest absolute Gasteiger partial charge is 0.497 e.